The van der Waals surface area contributed by atoms with Crippen LogP contribution in [-0.2, 0) is 22.6 Å². The van der Waals surface area contributed by atoms with Crippen molar-refractivity contribution in [3.05, 3.63) is 59.7 Å². The van der Waals surface area contributed by atoms with Gasteiger partial charge in [0, 0.05) is 19.0 Å². The van der Waals surface area contributed by atoms with Gasteiger partial charge in [0.05, 0.1) is 13.2 Å². The Kier molecular flexibility index (Phi) is 11.4. The van der Waals surface area contributed by atoms with Crippen molar-refractivity contribution in [2.45, 2.75) is 78.9 Å². The molecule has 2 atom stereocenters. The molecule has 6 heteroatoms. The van der Waals surface area contributed by atoms with Gasteiger partial charge in [0.25, 0.3) is 0 Å². The van der Waals surface area contributed by atoms with Crippen LogP contribution in [0.3, 0.4) is 0 Å². The van der Waals surface area contributed by atoms with Crippen molar-refractivity contribution in [3.63, 3.8) is 0 Å². The molecule has 0 radical (unpaired) electrons. The van der Waals surface area contributed by atoms with E-state index in [1.54, 1.807) is 4.90 Å². The van der Waals surface area contributed by atoms with Crippen LogP contribution in [0.15, 0.2) is 48.5 Å². The van der Waals surface area contributed by atoms with Gasteiger partial charge in [0.1, 0.15) is 6.04 Å². The summed E-state index contributed by atoms with van der Waals surface area (Å²) in [4.78, 5) is 28.2. The number of hydrogen-bond acceptors (Lipinski definition) is 4. The summed E-state index contributed by atoms with van der Waals surface area (Å²) in [5, 5.41) is 3.05. The fourth-order valence-corrected chi connectivity index (χ4v) is 3.79. The van der Waals surface area contributed by atoms with E-state index < -0.39 is 6.04 Å². The highest BCUT2D eigenvalue weighted by Crippen LogP contribution is 2.29. The molecule has 0 aliphatic heterocycles. The van der Waals surface area contributed by atoms with Gasteiger partial charge in [-0.15, -0.1) is 0 Å². The topological polar surface area (TPSA) is 67.9 Å². The Bertz CT molecular complexity index is 901. The van der Waals surface area contributed by atoms with Gasteiger partial charge in [-0.25, -0.2) is 0 Å². The quantitative estimate of drug-likeness (QED) is 0.417. The van der Waals surface area contributed by atoms with Crippen molar-refractivity contribution < 1.29 is 19.1 Å². The van der Waals surface area contributed by atoms with E-state index in [1.807, 2.05) is 83.1 Å². The molecule has 0 aliphatic carbocycles. The number of amides is 2. The van der Waals surface area contributed by atoms with Crippen LogP contribution >= 0.6 is 0 Å². The number of carbonyl (C=O) groups excluding carboxylic acids is 2. The van der Waals surface area contributed by atoms with Gasteiger partial charge in [-0.1, -0.05) is 50.2 Å². The van der Waals surface area contributed by atoms with E-state index >= 15 is 0 Å². The van der Waals surface area contributed by atoms with Crippen molar-refractivity contribution >= 4 is 11.8 Å². The third kappa shape index (κ3) is 8.08. The molecule has 34 heavy (non-hydrogen) atoms. The Labute approximate surface area is 204 Å². The predicted molar refractivity (Wildman–Crippen MR) is 136 cm³/mol. The zero-order chi connectivity index (χ0) is 24.9. The fraction of sp³-hybridized carbons (Fsp3) is 0.500. The number of nitrogens with one attached hydrogen (secondary N) is 1. The molecule has 2 aromatic carbocycles. The number of aryl methyl sites for hydroxylation is 1. The second-order valence-corrected chi connectivity index (χ2v) is 8.40. The third-order valence-corrected chi connectivity index (χ3v) is 5.82. The van der Waals surface area contributed by atoms with E-state index in [-0.39, 0.29) is 17.9 Å². The van der Waals surface area contributed by atoms with Crippen LogP contribution in [0, 0.1) is 0 Å². The van der Waals surface area contributed by atoms with Crippen LogP contribution in [0.4, 0.5) is 0 Å². The maximum Gasteiger partial charge on any atom is 0.243 e. The monoisotopic (exact) mass is 468 g/mol. The minimum absolute atomic E-state index is 0.0400. The number of benzene rings is 2. The van der Waals surface area contributed by atoms with Crippen LogP contribution in [0.1, 0.15) is 65.0 Å². The lowest BCUT2D eigenvalue weighted by Gasteiger charge is -2.31. The Morgan fingerprint density at radius 2 is 1.56 bits per heavy atom. The zero-order valence-corrected chi connectivity index (χ0v) is 21.3. The summed E-state index contributed by atoms with van der Waals surface area (Å²) >= 11 is 0. The van der Waals surface area contributed by atoms with E-state index in [4.69, 9.17) is 9.47 Å². The zero-order valence-electron chi connectivity index (χ0n) is 21.3. The molecular weight excluding hydrogens is 428 g/mol. The van der Waals surface area contributed by atoms with Crippen LogP contribution in [0.25, 0.3) is 0 Å². The Balaban J connectivity index is 2.20. The van der Waals surface area contributed by atoms with Crippen LogP contribution in [0.5, 0.6) is 11.5 Å². The summed E-state index contributed by atoms with van der Waals surface area (Å²) in [5.41, 5.74) is 2.00. The van der Waals surface area contributed by atoms with Gasteiger partial charge in [-0.05, 0) is 63.3 Å². The Hall–Kier alpha value is -3.02. The predicted octanol–water partition coefficient (Wildman–Crippen LogP) is 5.14. The van der Waals surface area contributed by atoms with E-state index in [2.05, 4.69) is 5.32 Å². The second-order valence-electron chi connectivity index (χ2n) is 8.40. The molecule has 0 aliphatic rings. The molecule has 0 saturated heterocycles. The highest BCUT2D eigenvalue weighted by molar-refractivity contribution is 5.88. The van der Waals surface area contributed by atoms with Gasteiger partial charge in [-0.3, -0.25) is 9.59 Å². The average Bonchev–Trinajstić information content (AvgIpc) is 2.84. The first-order valence-electron chi connectivity index (χ1n) is 12.5. The van der Waals surface area contributed by atoms with Crippen LogP contribution < -0.4 is 14.8 Å². The first-order chi connectivity index (χ1) is 16.4. The molecule has 0 aromatic heterocycles. The van der Waals surface area contributed by atoms with Crippen molar-refractivity contribution in [1.82, 2.24) is 10.2 Å². The summed E-state index contributed by atoms with van der Waals surface area (Å²) in [5.74, 6) is 1.26. The smallest absolute Gasteiger partial charge is 0.243 e. The van der Waals surface area contributed by atoms with Crippen molar-refractivity contribution in [3.8, 4) is 11.5 Å². The lowest BCUT2D eigenvalue weighted by atomic mass is 10.1. The first kappa shape index (κ1) is 27.2. The molecule has 0 bridgehead atoms. The summed E-state index contributed by atoms with van der Waals surface area (Å²) in [6.07, 6.45) is 2.26. The van der Waals surface area contributed by atoms with Gasteiger partial charge < -0.3 is 19.7 Å². The average molecular weight is 469 g/mol. The maximum atomic E-state index is 13.5. The number of carbonyl (C=O) groups is 2. The molecule has 0 fully saturated rings. The van der Waals surface area contributed by atoms with Crippen LogP contribution in [-0.4, -0.2) is 42.0 Å². The minimum atomic E-state index is -0.513. The number of hydrogen-bond donors (Lipinski definition) is 1. The highest BCUT2D eigenvalue weighted by Gasteiger charge is 2.29. The standard InChI is InChI=1S/C28H40N2O4/c1-6-21(5)29-28(32)24(7-2)30(20-23-13-11-10-12-14-23)27(31)18-16-22-15-17-25(33-8-3)26(19-22)34-9-4/h10-15,17,19,21,24H,6-9,16,18,20H2,1-5H3,(H,29,32)/t21-,24-/m0/s1. The maximum absolute atomic E-state index is 13.5. The lowest BCUT2D eigenvalue weighted by molar-refractivity contribution is -0.141. The first-order valence-corrected chi connectivity index (χ1v) is 12.5. The van der Waals surface area contributed by atoms with E-state index in [0.717, 1.165) is 17.5 Å². The van der Waals surface area contributed by atoms with Gasteiger partial charge >= 0.3 is 0 Å². The number of ether oxygens (including phenoxy) is 2. The summed E-state index contributed by atoms with van der Waals surface area (Å²) < 4.78 is 11.4. The van der Waals surface area contributed by atoms with Crippen molar-refractivity contribution in [2.24, 2.45) is 0 Å². The highest BCUT2D eigenvalue weighted by atomic mass is 16.5. The summed E-state index contributed by atoms with van der Waals surface area (Å²) in [6, 6.07) is 15.2. The number of nitrogens with zero attached hydrogens (tertiary/aromatic N) is 1. The van der Waals surface area contributed by atoms with E-state index in [9.17, 15) is 9.59 Å². The molecule has 6 nitrogen and oxygen atoms in total. The third-order valence-electron chi connectivity index (χ3n) is 5.82. The Morgan fingerprint density at radius 3 is 2.18 bits per heavy atom. The molecule has 0 spiro atoms. The normalized spacial score (nSPS) is 12.5. The Morgan fingerprint density at radius 1 is 0.882 bits per heavy atom. The summed E-state index contributed by atoms with van der Waals surface area (Å²) in [6.45, 7) is 11.3. The largest absolute Gasteiger partial charge is 0.490 e. The molecule has 186 valence electrons. The molecule has 0 saturated carbocycles. The van der Waals surface area contributed by atoms with Gasteiger partial charge in [-0.2, -0.15) is 0 Å². The lowest BCUT2D eigenvalue weighted by Crippen LogP contribution is -2.50. The SMILES string of the molecule is CCOc1ccc(CCC(=O)N(Cc2ccccc2)[C@@H](CC)C(=O)N[C@@H](C)CC)cc1OCC. The molecular formula is C28H40N2O4. The summed E-state index contributed by atoms with van der Waals surface area (Å²) in [7, 11) is 0. The van der Waals surface area contributed by atoms with Gasteiger partial charge in [0.15, 0.2) is 11.5 Å². The van der Waals surface area contributed by atoms with E-state index in [1.165, 1.54) is 0 Å². The van der Waals surface area contributed by atoms with E-state index in [0.29, 0.717) is 50.5 Å². The van der Waals surface area contributed by atoms with Crippen LogP contribution in [0.2, 0.25) is 0 Å². The second kappa shape index (κ2) is 14.3. The van der Waals surface area contributed by atoms with Crippen molar-refractivity contribution in [1.29, 1.82) is 0 Å². The fourth-order valence-electron chi connectivity index (χ4n) is 3.79. The van der Waals surface area contributed by atoms with Gasteiger partial charge in [0.2, 0.25) is 11.8 Å². The molecule has 1 N–H and O–H groups in total. The number of rotatable bonds is 14. The van der Waals surface area contributed by atoms with Crippen molar-refractivity contribution in [2.75, 3.05) is 13.2 Å². The molecule has 2 rings (SSSR count). The minimum Gasteiger partial charge on any atom is -0.490 e. The molecule has 2 amide bonds. The molecule has 2 aromatic rings. The molecule has 0 unspecified atom stereocenters. The molecule has 0 heterocycles.